The first-order valence-corrected chi connectivity index (χ1v) is 7.44. The Morgan fingerprint density at radius 2 is 2.10 bits per heavy atom. The van der Waals surface area contributed by atoms with Gasteiger partial charge in [0.1, 0.15) is 6.33 Å². The number of likely N-dealkylation sites (tertiary alicyclic amines) is 1. The van der Waals surface area contributed by atoms with E-state index in [2.05, 4.69) is 22.4 Å². The third-order valence-electron chi connectivity index (χ3n) is 4.09. The van der Waals surface area contributed by atoms with Crippen molar-refractivity contribution >= 4 is 5.91 Å². The van der Waals surface area contributed by atoms with Gasteiger partial charge in [0, 0.05) is 18.2 Å². The van der Waals surface area contributed by atoms with Crippen LogP contribution in [-0.2, 0) is 0 Å². The highest BCUT2D eigenvalue weighted by molar-refractivity contribution is 5.94. The lowest BCUT2D eigenvalue weighted by Gasteiger charge is -2.35. The predicted molar refractivity (Wildman–Crippen MR) is 78.1 cm³/mol. The maximum atomic E-state index is 12.6. The van der Waals surface area contributed by atoms with Crippen molar-refractivity contribution in [2.75, 3.05) is 6.54 Å². The molecule has 0 aliphatic carbocycles. The number of rotatable bonds is 3. The average molecular weight is 285 g/mol. The van der Waals surface area contributed by atoms with E-state index >= 15 is 0 Å². The first kappa shape index (κ1) is 13.7. The van der Waals surface area contributed by atoms with Crippen LogP contribution < -0.4 is 0 Å². The highest BCUT2D eigenvalue weighted by Crippen LogP contribution is 2.22. The zero-order valence-corrected chi connectivity index (χ0v) is 12.1. The van der Waals surface area contributed by atoms with E-state index in [1.807, 2.05) is 29.2 Å². The number of hydrogen-bond donors (Lipinski definition) is 0. The Bertz CT molecular complexity index is 593. The smallest absolute Gasteiger partial charge is 0.254 e. The summed E-state index contributed by atoms with van der Waals surface area (Å²) in [5.74, 6) is 0.129. The van der Waals surface area contributed by atoms with Crippen LogP contribution in [0.15, 0.2) is 30.6 Å². The third kappa shape index (κ3) is 2.79. The van der Waals surface area contributed by atoms with Crippen LogP contribution in [0.3, 0.4) is 0 Å². The van der Waals surface area contributed by atoms with Crippen LogP contribution in [0, 0.1) is 0 Å². The molecule has 1 aliphatic heterocycles. The number of amides is 1. The lowest BCUT2D eigenvalue weighted by molar-refractivity contribution is 0.0608. The summed E-state index contributed by atoms with van der Waals surface area (Å²) in [7, 11) is 0. The van der Waals surface area contributed by atoms with Crippen LogP contribution in [0.4, 0.5) is 0 Å². The Morgan fingerprint density at radius 1 is 1.29 bits per heavy atom. The molecular formula is C15H19N5O. The normalized spacial score (nSPS) is 18.7. The Morgan fingerprint density at radius 3 is 2.76 bits per heavy atom. The number of piperidine rings is 1. The van der Waals surface area contributed by atoms with Gasteiger partial charge in [-0.25, -0.2) is 4.68 Å². The van der Waals surface area contributed by atoms with Gasteiger partial charge in [-0.2, -0.15) is 0 Å². The van der Waals surface area contributed by atoms with Crippen molar-refractivity contribution in [3.63, 3.8) is 0 Å². The molecule has 2 heterocycles. The summed E-state index contributed by atoms with van der Waals surface area (Å²) in [4.78, 5) is 14.7. The summed E-state index contributed by atoms with van der Waals surface area (Å²) in [6.45, 7) is 3.02. The molecule has 1 aromatic heterocycles. The molecule has 0 saturated carbocycles. The predicted octanol–water partition coefficient (Wildman–Crippen LogP) is 2.07. The minimum atomic E-state index is 0.129. The quantitative estimate of drug-likeness (QED) is 0.866. The van der Waals surface area contributed by atoms with E-state index in [1.165, 1.54) is 12.7 Å². The van der Waals surface area contributed by atoms with Crippen molar-refractivity contribution in [3.05, 3.63) is 36.2 Å². The van der Waals surface area contributed by atoms with Gasteiger partial charge in [-0.3, -0.25) is 4.79 Å². The number of aromatic nitrogens is 4. The number of hydrogen-bond acceptors (Lipinski definition) is 4. The van der Waals surface area contributed by atoms with Gasteiger partial charge in [-0.1, -0.05) is 6.92 Å². The Balaban J connectivity index is 1.78. The fraction of sp³-hybridized carbons (Fsp3) is 0.467. The fourth-order valence-electron chi connectivity index (χ4n) is 2.89. The van der Waals surface area contributed by atoms with Gasteiger partial charge in [0.05, 0.1) is 5.69 Å². The molecular weight excluding hydrogens is 266 g/mol. The van der Waals surface area contributed by atoms with Gasteiger partial charge in [-0.15, -0.1) is 5.10 Å². The van der Waals surface area contributed by atoms with E-state index < -0.39 is 0 Å². The van der Waals surface area contributed by atoms with Crippen LogP contribution in [-0.4, -0.2) is 43.6 Å². The second-order valence-electron chi connectivity index (χ2n) is 5.36. The fourth-order valence-corrected chi connectivity index (χ4v) is 2.89. The number of benzene rings is 1. The lowest BCUT2D eigenvalue weighted by Crippen LogP contribution is -2.43. The minimum Gasteiger partial charge on any atom is -0.336 e. The Kier molecular flexibility index (Phi) is 3.94. The maximum absolute atomic E-state index is 12.6. The molecule has 0 N–H and O–H groups in total. The molecule has 6 heteroatoms. The molecule has 6 nitrogen and oxygen atoms in total. The zero-order valence-electron chi connectivity index (χ0n) is 12.1. The Labute approximate surface area is 123 Å². The molecule has 1 amide bonds. The molecule has 1 atom stereocenters. The molecule has 0 unspecified atom stereocenters. The molecule has 21 heavy (non-hydrogen) atoms. The van der Waals surface area contributed by atoms with E-state index in [4.69, 9.17) is 0 Å². The van der Waals surface area contributed by atoms with Gasteiger partial charge in [0.2, 0.25) is 0 Å². The molecule has 1 aliphatic rings. The van der Waals surface area contributed by atoms with Crippen LogP contribution in [0.2, 0.25) is 0 Å². The van der Waals surface area contributed by atoms with Crippen LogP contribution in [0.1, 0.15) is 43.0 Å². The molecule has 1 saturated heterocycles. The van der Waals surface area contributed by atoms with E-state index in [0.717, 1.165) is 37.1 Å². The van der Waals surface area contributed by atoms with Gasteiger partial charge >= 0.3 is 0 Å². The summed E-state index contributed by atoms with van der Waals surface area (Å²) in [5, 5.41) is 11.1. The number of carbonyl (C=O) groups is 1. The molecule has 0 bridgehead atoms. The lowest BCUT2D eigenvalue weighted by atomic mass is 9.99. The van der Waals surface area contributed by atoms with Crippen molar-refractivity contribution in [2.24, 2.45) is 0 Å². The summed E-state index contributed by atoms with van der Waals surface area (Å²) in [5.41, 5.74) is 1.58. The second kappa shape index (κ2) is 6.03. The summed E-state index contributed by atoms with van der Waals surface area (Å²) >= 11 is 0. The number of carbonyl (C=O) groups excluding carboxylic acids is 1. The molecule has 1 fully saturated rings. The second-order valence-corrected chi connectivity index (χ2v) is 5.36. The highest BCUT2D eigenvalue weighted by Gasteiger charge is 2.25. The van der Waals surface area contributed by atoms with Gasteiger partial charge in [0.25, 0.3) is 5.91 Å². The summed E-state index contributed by atoms with van der Waals surface area (Å²) in [6, 6.07) is 7.81. The van der Waals surface area contributed by atoms with Crippen LogP contribution in [0.25, 0.3) is 5.69 Å². The summed E-state index contributed by atoms with van der Waals surface area (Å²) in [6.07, 6.45) is 6.00. The average Bonchev–Trinajstić information content (AvgIpc) is 3.09. The number of nitrogens with zero attached hydrogens (tertiary/aromatic N) is 5. The minimum absolute atomic E-state index is 0.129. The van der Waals surface area contributed by atoms with Crippen molar-refractivity contribution in [1.29, 1.82) is 0 Å². The first-order valence-electron chi connectivity index (χ1n) is 7.44. The highest BCUT2D eigenvalue weighted by atomic mass is 16.2. The zero-order chi connectivity index (χ0) is 14.7. The van der Waals surface area contributed by atoms with Gasteiger partial charge in [-0.05, 0) is 60.4 Å². The van der Waals surface area contributed by atoms with Crippen molar-refractivity contribution < 1.29 is 4.79 Å². The molecule has 3 rings (SSSR count). The Hall–Kier alpha value is -2.24. The molecule has 2 aromatic rings. The third-order valence-corrected chi connectivity index (χ3v) is 4.09. The first-order chi connectivity index (χ1) is 10.3. The topological polar surface area (TPSA) is 63.9 Å². The number of tetrazole rings is 1. The molecule has 0 spiro atoms. The van der Waals surface area contributed by atoms with Crippen LogP contribution in [0.5, 0.6) is 0 Å². The van der Waals surface area contributed by atoms with E-state index in [1.54, 1.807) is 4.68 Å². The SMILES string of the molecule is CC[C@@H]1CCCCN1C(=O)c1ccc(-n2cnnn2)cc1. The summed E-state index contributed by atoms with van der Waals surface area (Å²) < 4.78 is 1.57. The van der Waals surface area contributed by atoms with E-state index in [-0.39, 0.29) is 5.91 Å². The maximum Gasteiger partial charge on any atom is 0.254 e. The van der Waals surface area contributed by atoms with Crippen molar-refractivity contribution in [3.8, 4) is 5.69 Å². The van der Waals surface area contributed by atoms with Crippen molar-refractivity contribution in [2.45, 2.75) is 38.6 Å². The molecule has 1 aromatic carbocycles. The molecule has 0 radical (unpaired) electrons. The molecule has 110 valence electrons. The standard InChI is InChI=1S/C15H19N5O/c1-2-13-5-3-4-10-19(13)15(21)12-6-8-14(9-7-12)20-11-16-17-18-20/h6-9,11,13H,2-5,10H2,1H3/t13-/m1/s1. The van der Waals surface area contributed by atoms with E-state index in [0.29, 0.717) is 6.04 Å². The van der Waals surface area contributed by atoms with Gasteiger partial charge < -0.3 is 4.90 Å². The van der Waals surface area contributed by atoms with Gasteiger partial charge in [0.15, 0.2) is 0 Å². The largest absolute Gasteiger partial charge is 0.336 e. The monoisotopic (exact) mass is 285 g/mol. The van der Waals surface area contributed by atoms with E-state index in [9.17, 15) is 4.79 Å². The van der Waals surface area contributed by atoms with Crippen molar-refractivity contribution in [1.82, 2.24) is 25.1 Å². The van der Waals surface area contributed by atoms with Crippen LogP contribution >= 0.6 is 0 Å².